The quantitative estimate of drug-likeness (QED) is 0.467. The predicted molar refractivity (Wildman–Crippen MR) is 97.1 cm³/mol. The summed E-state index contributed by atoms with van der Waals surface area (Å²) in [6, 6.07) is 6.29. The topological polar surface area (TPSA) is 52.6 Å². The lowest BCUT2D eigenvalue weighted by atomic mass is 10.2. The number of rotatable bonds is 5. The van der Waals surface area contributed by atoms with Gasteiger partial charge in [-0.15, -0.1) is 0 Å². The predicted octanol–water partition coefficient (Wildman–Crippen LogP) is 2.66. The minimum absolute atomic E-state index is 0.0664. The number of nitrogens with zero attached hydrogens (tertiary/aromatic N) is 2. The molecule has 0 unspecified atom stereocenters. The van der Waals surface area contributed by atoms with Gasteiger partial charge in [-0.05, 0) is 42.9 Å². The first kappa shape index (κ1) is 19.4. The normalized spacial score (nSPS) is 19.7. The van der Waals surface area contributed by atoms with Crippen LogP contribution in [0.25, 0.3) is 0 Å². The van der Waals surface area contributed by atoms with E-state index in [-0.39, 0.29) is 17.5 Å². The lowest BCUT2D eigenvalue weighted by Crippen LogP contribution is -2.51. The zero-order valence-corrected chi connectivity index (χ0v) is 15.7. The molecular weight excluding hydrogens is 376 g/mol. The molecule has 1 aliphatic rings. The van der Waals surface area contributed by atoms with Gasteiger partial charge in [-0.2, -0.15) is 8.78 Å². The van der Waals surface area contributed by atoms with Crippen LogP contribution in [0.1, 0.15) is 6.42 Å². The summed E-state index contributed by atoms with van der Waals surface area (Å²) < 4.78 is 48.1. The van der Waals surface area contributed by atoms with E-state index in [4.69, 9.17) is 12.2 Å². The summed E-state index contributed by atoms with van der Waals surface area (Å²) in [4.78, 5) is 0.466. The number of hydrazine groups is 1. The van der Waals surface area contributed by atoms with Gasteiger partial charge in [0.1, 0.15) is 0 Å². The number of thiocarbonyl (C=S) groups is 1. The van der Waals surface area contributed by atoms with Crippen LogP contribution in [-0.4, -0.2) is 60.9 Å². The van der Waals surface area contributed by atoms with Gasteiger partial charge in [0.05, 0.1) is 17.5 Å². The van der Waals surface area contributed by atoms with Crippen molar-refractivity contribution < 1.29 is 17.2 Å². The summed E-state index contributed by atoms with van der Waals surface area (Å²) in [6.45, 7) is 0. The summed E-state index contributed by atoms with van der Waals surface area (Å²) >= 11 is 5.88. The Balaban J connectivity index is 2.05. The highest BCUT2D eigenvalue weighted by atomic mass is 32.2. The second kappa shape index (κ2) is 7.94. The molecule has 0 aromatic heterocycles. The van der Waals surface area contributed by atoms with Crippen LogP contribution in [0.2, 0.25) is 0 Å². The molecule has 0 spiro atoms. The Morgan fingerprint density at radius 1 is 1.33 bits per heavy atom. The zero-order valence-electron chi connectivity index (χ0n) is 13.3. The van der Waals surface area contributed by atoms with Crippen LogP contribution in [0.3, 0.4) is 0 Å². The molecule has 0 saturated carbocycles. The third-order valence-electron chi connectivity index (χ3n) is 3.52. The number of nitrogens with one attached hydrogen (secondary N) is 1. The van der Waals surface area contributed by atoms with E-state index in [1.807, 2.05) is 0 Å². The van der Waals surface area contributed by atoms with Gasteiger partial charge in [0.25, 0.3) is 5.76 Å². The number of sulfone groups is 1. The van der Waals surface area contributed by atoms with Crippen molar-refractivity contribution in [3.05, 3.63) is 24.3 Å². The summed E-state index contributed by atoms with van der Waals surface area (Å²) in [6.07, 6.45) is 0.520. The van der Waals surface area contributed by atoms with Crippen molar-refractivity contribution in [3.8, 4) is 0 Å². The minimum Gasteiger partial charge on any atom is -0.332 e. The van der Waals surface area contributed by atoms with Gasteiger partial charge < -0.3 is 5.32 Å². The Hall–Kier alpha value is -0.970. The Morgan fingerprint density at radius 2 is 1.96 bits per heavy atom. The van der Waals surface area contributed by atoms with Crippen LogP contribution in [0.4, 0.5) is 14.5 Å². The molecule has 10 heteroatoms. The van der Waals surface area contributed by atoms with Crippen LogP contribution in [0, 0.1) is 0 Å². The Bertz CT molecular complexity index is 681. The van der Waals surface area contributed by atoms with Crippen molar-refractivity contribution in [1.82, 2.24) is 10.0 Å². The molecule has 134 valence electrons. The molecule has 1 fully saturated rings. The van der Waals surface area contributed by atoms with Crippen molar-refractivity contribution in [2.24, 2.45) is 0 Å². The van der Waals surface area contributed by atoms with Gasteiger partial charge in [0, 0.05) is 24.7 Å². The van der Waals surface area contributed by atoms with Crippen LogP contribution >= 0.6 is 24.0 Å². The van der Waals surface area contributed by atoms with E-state index in [2.05, 4.69) is 5.32 Å². The Labute approximate surface area is 150 Å². The standard InChI is InChI=1S/C14H19F2N3O2S3/c1-18(2)19(11-7-8-24(20,21)9-11)14(22)17-10-3-5-12(6-4-10)23-13(15)16/h3-6,11,13H,7-9H2,1-2H3,(H,17,22)/t11-/m1/s1. The SMILES string of the molecule is CN(C)N(C(=S)Nc1ccc(SC(F)F)cc1)[C@@H]1CCS(=O)(=O)C1. The second-order valence-electron chi connectivity index (χ2n) is 5.58. The van der Waals surface area contributed by atoms with E-state index in [1.165, 1.54) is 0 Å². The number of thioether (sulfide) groups is 1. The van der Waals surface area contributed by atoms with Crippen LogP contribution in [0.15, 0.2) is 29.2 Å². The first-order valence-electron chi connectivity index (χ1n) is 7.21. The maximum atomic E-state index is 12.3. The molecule has 0 aliphatic carbocycles. The molecule has 0 bridgehead atoms. The molecule has 1 saturated heterocycles. The van der Waals surface area contributed by atoms with E-state index in [1.54, 1.807) is 48.4 Å². The van der Waals surface area contributed by atoms with Crippen LogP contribution in [-0.2, 0) is 9.84 Å². The van der Waals surface area contributed by atoms with E-state index in [0.717, 1.165) is 0 Å². The third kappa shape index (κ3) is 5.27. The molecule has 1 aromatic carbocycles. The number of alkyl halides is 2. The van der Waals surface area contributed by atoms with Gasteiger partial charge in [0.15, 0.2) is 14.9 Å². The second-order valence-corrected chi connectivity index (χ2v) is 9.26. The first-order valence-corrected chi connectivity index (χ1v) is 10.3. The number of halogens is 2. The van der Waals surface area contributed by atoms with Crippen molar-refractivity contribution in [1.29, 1.82) is 0 Å². The molecule has 1 heterocycles. The molecule has 1 aliphatic heterocycles. The van der Waals surface area contributed by atoms with Gasteiger partial charge in [-0.1, -0.05) is 11.8 Å². The van der Waals surface area contributed by atoms with Gasteiger partial charge in [-0.3, -0.25) is 5.01 Å². The Kier molecular flexibility index (Phi) is 6.40. The fourth-order valence-corrected chi connectivity index (χ4v) is 5.16. The molecule has 0 radical (unpaired) electrons. The molecule has 1 N–H and O–H groups in total. The number of hydrogen-bond acceptors (Lipinski definition) is 5. The molecule has 24 heavy (non-hydrogen) atoms. The van der Waals surface area contributed by atoms with Gasteiger partial charge in [0.2, 0.25) is 0 Å². The Morgan fingerprint density at radius 3 is 2.42 bits per heavy atom. The van der Waals surface area contributed by atoms with Crippen LogP contribution in [0.5, 0.6) is 0 Å². The summed E-state index contributed by atoms with van der Waals surface area (Å²) in [5.74, 6) is -2.24. The lowest BCUT2D eigenvalue weighted by molar-refractivity contribution is 0.0757. The van der Waals surface area contributed by atoms with E-state index >= 15 is 0 Å². The summed E-state index contributed by atoms with van der Waals surface area (Å²) in [5, 5.41) is 6.89. The van der Waals surface area contributed by atoms with E-state index < -0.39 is 15.6 Å². The molecule has 1 atom stereocenters. The largest absolute Gasteiger partial charge is 0.332 e. The van der Waals surface area contributed by atoms with Crippen molar-refractivity contribution in [3.63, 3.8) is 0 Å². The van der Waals surface area contributed by atoms with Crippen molar-refractivity contribution in [2.75, 3.05) is 30.9 Å². The summed E-state index contributed by atoms with van der Waals surface area (Å²) in [7, 11) is 0.559. The zero-order chi connectivity index (χ0) is 17.9. The lowest BCUT2D eigenvalue weighted by Gasteiger charge is -2.36. The highest BCUT2D eigenvalue weighted by molar-refractivity contribution is 7.99. The minimum atomic E-state index is -3.03. The highest BCUT2D eigenvalue weighted by Crippen LogP contribution is 2.26. The molecular formula is C14H19F2N3O2S3. The van der Waals surface area contributed by atoms with E-state index in [9.17, 15) is 17.2 Å². The smallest absolute Gasteiger partial charge is 0.288 e. The monoisotopic (exact) mass is 395 g/mol. The highest BCUT2D eigenvalue weighted by Gasteiger charge is 2.34. The van der Waals surface area contributed by atoms with E-state index in [0.29, 0.717) is 33.9 Å². The average molecular weight is 396 g/mol. The first-order chi connectivity index (χ1) is 11.2. The average Bonchev–Trinajstić information content (AvgIpc) is 2.80. The maximum absolute atomic E-state index is 12.3. The van der Waals surface area contributed by atoms with Crippen molar-refractivity contribution >= 4 is 44.6 Å². The van der Waals surface area contributed by atoms with Crippen molar-refractivity contribution in [2.45, 2.75) is 23.1 Å². The fourth-order valence-electron chi connectivity index (χ4n) is 2.54. The van der Waals surface area contributed by atoms with Crippen LogP contribution < -0.4 is 5.32 Å². The summed E-state index contributed by atoms with van der Waals surface area (Å²) in [5.41, 5.74) is 0.659. The number of anilines is 1. The van der Waals surface area contributed by atoms with Gasteiger partial charge >= 0.3 is 0 Å². The fraction of sp³-hybridized carbons (Fsp3) is 0.500. The molecule has 1 aromatic rings. The molecule has 0 amide bonds. The van der Waals surface area contributed by atoms with Gasteiger partial charge in [-0.25, -0.2) is 13.4 Å². The maximum Gasteiger partial charge on any atom is 0.288 e. The third-order valence-corrected chi connectivity index (χ3v) is 6.29. The molecule has 2 rings (SSSR count). The number of hydrogen-bond donors (Lipinski definition) is 1. The number of benzene rings is 1. The molecule has 5 nitrogen and oxygen atoms in total.